The highest BCUT2D eigenvalue weighted by Crippen LogP contribution is 2.31. The fraction of sp³-hybridized carbons (Fsp3) is 0.263. The summed E-state index contributed by atoms with van der Waals surface area (Å²) in [6.45, 7) is 5.49. The fourth-order valence-corrected chi connectivity index (χ4v) is 4.46. The van der Waals surface area contributed by atoms with E-state index in [2.05, 4.69) is 9.71 Å². The molecule has 0 aliphatic rings. The summed E-state index contributed by atoms with van der Waals surface area (Å²) in [5.74, 6) is -0.816. The van der Waals surface area contributed by atoms with Gasteiger partial charge in [-0.2, -0.15) is 0 Å². The smallest absolute Gasteiger partial charge is 0.240 e. The van der Waals surface area contributed by atoms with Crippen molar-refractivity contribution in [2.45, 2.75) is 31.1 Å². The standard InChI is InChI=1S/C19H20F2N2O2S/c1-12-8-13(20)5-7-18(12)26(24,25)23-11-19(2,3)16-10-22-17-9-14(21)4-6-15(16)17/h4-10,22-23H,11H2,1-3H3. The van der Waals surface area contributed by atoms with Crippen molar-refractivity contribution in [1.82, 2.24) is 9.71 Å². The number of halogens is 2. The Morgan fingerprint density at radius 2 is 1.73 bits per heavy atom. The van der Waals surface area contributed by atoms with E-state index in [0.717, 1.165) is 17.0 Å². The van der Waals surface area contributed by atoms with Crippen LogP contribution in [-0.2, 0) is 15.4 Å². The first-order chi connectivity index (χ1) is 12.1. The summed E-state index contributed by atoms with van der Waals surface area (Å²) >= 11 is 0. The molecule has 3 rings (SSSR count). The average Bonchev–Trinajstić information content (AvgIpc) is 2.96. The van der Waals surface area contributed by atoms with E-state index in [9.17, 15) is 17.2 Å². The van der Waals surface area contributed by atoms with Crippen molar-refractivity contribution in [3.8, 4) is 0 Å². The number of hydrogen-bond donors (Lipinski definition) is 2. The third-order valence-corrected chi connectivity index (χ3v) is 6.07. The molecule has 0 fully saturated rings. The number of sulfonamides is 1. The van der Waals surface area contributed by atoms with E-state index in [1.54, 1.807) is 19.2 Å². The Labute approximate surface area is 151 Å². The van der Waals surface area contributed by atoms with E-state index in [4.69, 9.17) is 0 Å². The van der Waals surface area contributed by atoms with Gasteiger partial charge < -0.3 is 4.98 Å². The molecule has 0 bridgehead atoms. The summed E-state index contributed by atoms with van der Waals surface area (Å²) in [7, 11) is -3.78. The molecule has 0 radical (unpaired) electrons. The van der Waals surface area contributed by atoms with Crippen LogP contribution >= 0.6 is 0 Å². The first-order valence-corrected chi connectivity index (χ1v) is 9.61. The zero-order chi connectivity index (χ0) is 19.1. The molecule has 1 heterocycles. The second-order valence-electron chi connectivity index (χ2n) is 7.01. The lowest BCUT2D eigenvalue weighted by atomic mass is 9.85. The van der Waals surface area contributed by atoms with Gasteiger partial charge in [-0.15, -0.1) is 0 Å². The molecular weight excluding hydrogens is 358 g/mol. The van der Waals surface area contributed by atoms with Crippen LogP contribution in [0.2, 0.25) is 0 Å². The Bertz CT molecular complexity index is 1070. The number of nitrogens with one attached hydrogen (secondary N) is 2. The van der Waals surface area contributed by atoms with Crippen molar-refractivity contribution >= 4 is 20.9 Å². The normalized spacial score (nSPS) is 12.7. The lowest BCUT2D eigenvalue weighted by Crippen LogP contribution is -2.36. The predicted molar refractivity (Wildman–Crippen MR) is 97.6 cm³/mol. The van der Waals surface area contributed by atoms with E-state index in [1.807, 2.05) is 13.8 Å². The molecule has 7 heteroatoms. The van der Waals surface area contributed by atoms with Gasteiger partial charge in [-0.3, -0.25) is 0 Å². The number of aryl methyl sites for hydroxylation is 1. The van der Waals surface area contributed by atoms with Crippen molar-refractivity contribution in [1.29, 1.82) is 0 Å². The van der Waals surface area contributed by atoms with Gasteiger partial charge in [0.25, 0.3) is 0 Å². The van der Waals surface area contributed by atoms with Crippen LogP contribution in [-0.4, -0.2) is 19.9 Å². The molecular formula is C19H20F2N2O2S. The first-order valence-electron chi connectivity index (χ1n) is 8.13. The summed E-state index contributed by atoms with van der Waals surface area (Å²) in [6.07, 6.45) is 1.77. The number of H-pyrrole nitrogens is 1. The van der Waals surface area contributed by atoms with Crippen LogP contribution in [0.15, 0.2) is 47.5 Å². The summed E-state index contributed by atoms with van der Waals surface area (Å²) < 4.78 is 54.4. The molecule has 0 saturated carbocycles. The summed E-state index contributed by atoms with van der Waals surface area (Å²) in [6, 6.07) is 8.03. The number of aromatic amines is 1. The summed E-state index contributed by atoms with van der Waals surface area (Å²) in [5, 5.41) is 0.841. The summed E-state index contributed by atoms with van der Waals surface area (Å²) in [5.41, 5.74) is 1.34. The van der Waals surface area contributed by atoms with Gasteiger partial charge in [-0.25, -0.2) is 21.9 Å². The van der Waals surface area contributed by atoms with Gasteiger partial charge in [-0.1, -0.05) is 13.8 Å². The van der Waals surface area contributed by atoms with E-state index in [0.29, 0.717) is 11.1 Å². The second-order valence-corrected chi connectivity index (χ2v) is 8.75. The fourth-order valence-electron chi connectivity index (χ4n) is 3.02. The van der Waals surface area contributed by atoms with Crippen LogP contribution in [0.25, 0.3) is 10.9 Å². The number of rotatable bonds is 5. The monoisotopic (exact) mass is 378 g/mol. The van der Waals surface area contributed by atoms with Gasteiger partial charge in [0.05, 0.1) is 4.90 Å². The van der Waals surface area contributed by atoms with Gasteiger partial charge in [-0.05, 0) is 54.4 Å². The Morgan fingerprint density at radius 1 is 1.08 bits per heavy atom. The topological polar surface area (TPSA) is 62.0 Å². The highest BCUT2D eigenvalue weighted by molar-refractivity contribution is 7.89. The molecule has 3 aromatic rings. The molecule has 0 amide bonds. The van der Waals surface area contributed by atoms with Crippen LogP contribution in [0.1, 0.15) is 25.0 Å². The predicted octanol–water partition coefficient (Wildman–Crippen LogP) is 4.01. The number of fused-ring (bicyclic) bond motifs is 1. The first kappa shape index (κ1) is 18.5. The highest BCUT2D eigenvalue weighted by Gasteiger charge is 2.27. The number of aromatic nitrogens is 1. The number of hydrogen-bond acceptors (Lipinski definition) is 2. The molecule has 2 aromatic carbocycles. The zero-order valence-corrected chi connectivity index (χ0v) is 15.5. The van der Waals surface area contributed by atoms with Gasteiger partial charge in [0.1, 0.15) is 11.6 Å². The Kier molecular flexibility index (Phi) is 4.62. The van der Waals surface area contributed by atoms with Crippen molar-refractivity contribution in [3.63, 3.8) is 0 Å². The largest absolute Gasteiger partial charge is 0.361 e. The van der Waals surface area contributed by atoms with Crippen molar-refractivity contribution in [3.05, 3.63) is 65.4 Å². The molecule has 0 atom stereocenters. The third-order valence-electron chi connectivity index (χ3n) is 4.50. The molecule has 4 nitrogen and oxygen atoms in total. The molecule has 0 aliphatic carbocycles. The SMILES string of the molecule is Cc1cc(F)ccc1S(=O)(=O)NCC(C)(C)c1c[nH]c2cc(F)ccc12. The molecule has 2 N–H and O–H groups in total. The number of benzene rings is 2. The van der Waals surface area contributed by atoms with E-state index in [-0.39, 0.29) is 17.3 Å². The highest BCUT2D eigenvalue weighted by atomic mass is 32.2. The minimum atomic E-state index is -3.78. The molecule has 26 heavy (non-hydrogen) atoms. The van der Waals surface area contributed by atoms with E-state index in [1.165, 1.54) is 24.3 Å². The van der Waals surface area contributed by atoms with Crippen LogP contribution in [0.5, 0.6) is 0 Å². The van der Waals surface area contributed by atoms with Crippen molar-refractivity contribution < 1.29 is 17.2 Å². The zero-order valence-electron chi connectivity index (χ0n) is 14.7. The van der Waals surface area contributed by atoms with Crippen molar-refractivity contribution in [2.75, 3.05) is 6.54 Å². The van der Waals surface area contributed by atoms with Crippen LogP contribution in [0, 0.1) is 18.6 Å². The second kappa shape index (κ2) is 6.48. The maximum atomic E-state index is 13.4. The minimum absolute atomic E-state index is 0.0516. The maximum absolute atomic E-state index is 13.4. The molecule has 1 aromatic heterocycles. The molecule has 0 spiro atoms. The summed E-state index contributed by atoms with van der Waals surface area (Å²) in [4.78, 5) is 3.07. The van der Waals surface area contributed by atoms with Gasteiger partial charge >= 0.3 is 0 Å². The molecule has 0 saturated heterocycles. The van der Waals surface area contributed by atoms with E-state index < -0.39 is 21.3 Å². The quantitative estimate of drug-likeness (QED) is 0.705. The van der Waals surface area contributed by atoms with Gasteiger partial charge in [0.15, 0.2) is 0 Å². The van der Waals surface area contributed by atoms with Gasteiger partial charge in [0, 0.05) is 29.1 Å². The molecule has 0 unspecified atom stereocenters. The minimum Gasteiger partial charge on any atom is -0.361 e. The molecule has 0 aliphatic heterocycles. The Balaban J connectivity index is 1.87. The van der Waals surface area contributed by atoms with Crippen LogP contribution < -0.4 is 4.72 Å². The average molecular weight is 378 g/mol. The van der Waals surface area contributed by atoms with Crippen LogP contribution in [0.4, 0.5) is 8.78 Å². The Hall–Kier alpha value is -2.25. The van der Waals surface area contributed by atoms with Crippen LogP contribution in [0.3, 0.4) is 0 Å². The Morgan fingerprint density at radius 3 is 2.42 bits per heavy atom. The van der Waals surface area contributed by atoms with E-state index >= 15 is 0 Å². The lowest BCUT2D eigenvalue weighted by molar-refractivity contribution is 0.504. The van der Waals surface area contributed by atoms with Crippen molar-refractivity contribution in [2.24, 2.45) is 0 Å². The lowest BCUT2D eigenvalue weighted by Gasteiger charge is -2.25. The third kappa shape index (κ3) is 3.50. The molecule has 138 valence electrons. The van der Waals surface area contributed by atoms with Gasteiger partial charge in [0.2, 0.25) is 10.0 Å². The maximum Gasteiger partial charge on any atom is 0.240 e.